The van der Waals surface area contributed by atoms with E-state index in [1.165, 1.54) is 18.3 Å². The van der Waals surface area contributed by atoms with Gasteiger partial charge in [0.15, 0.2) is 17.5 Å². The van der Waals surface area contributed by atoms with Crippen LogP contribution in [0.4, 0.5) is 40.8 Å². The lowest BCUT2D eigenvalue weighted by molar-refractivity contribution is 0.262. The number of hydrogen-bond donors (Lipinski definition) is 3. The molecular weight excluding hydrogens is 345 g/mol. The molecule has 3 N–H and O–H groups in total. The molecule has 0 fully saturated rings. The molecule has 0 saturated carbocycles. The standard InChI is InChI=1S/C18H13F3N4O/c19-13-7-8-14(17(21)16(13)20)23-12-6-9-15(22-10-12)25-18(26)24-11-4-2-1-3-5-11/h1-10,23H,(H2,22,24,25,26). The van der Waals surface area contributed by atoms with Crippen LogP contribution in [0, 0.1) is 17.5 Å². The summed E-state index contributed by atoms with van der Waals surface area (Å²) < 4.78 is 39.8. The Hall–Kier alpha value is -3.55. The van der Waals surface area contributed by atoms with Gasteiger partial charge >= 0.3 is 6.03 Å². The van der Waals surface area contributed by atoms with Crippen LogP contribution in [0.25, 0.3) is 0 Å². The molecule has 2 aromatic carbocycles. The Morgan fingerprint density at radius 3 is 2.27 bits per heavy atom. The van der Waals surface area contributed by atoms with Gasteiger partial charge in [-0.2, -0.15) is 0 Å². The number of amides is 2. The van der Waals surface area contributed by atoms with Crippen molar-refractivity contribution >= 4 is 28.9 Å². The average molecular weight is 358 g/mol. The number of para-hydroxylation sites is 1. The number of urea groups is 1. The van der Waals surface area contributed by atoms with Crippen molar-refractivity contribution in [1.82, 2.24) is 4.98 Å². The Balaban J connectivity index is 1.63. The van der Waals surface area contributed by atoms with Crippen molar-refractivity contribution < 1.29 is 18.0 Å². The highest BCUT2D eigenvalue weighted by Gasteiger charge is 2.13. The lowest BCUT2D eigenvalue weighted by Crippen LogP contribution is -2.19. The number of aromatic nitrogens is 1. The fourth-order valence-corrected chi connectivity index (χ4v) is 2.12. The van der Waals surface area contributed by atoms with Gasteiger partial charge in [-0.3, -0.25) is 5.32 Å². The first-order valence-corrected chi connectivity index (χ1v) is 7.52. The zero-order chi connectivity index (χ0) is 18.5. The Kier molecular flexibility index (Phi) is 5.02. The average Bonchev–Trinajstić information content (AvgIpc) is 2.64. The number of hydrogen-bond acceptors (Lipinski definition) is 3. The van der Waals surface area contributed by atoms with Crippen molar-refractivity contribution in [3.8, 4) is 0 Å². The van der Waals surface area contributed by atoms with E-state index >= 15 is 0 Å². The van der Waals surface area contributed by atoms with Gasteiger partial charge in [0.25, 0.3) is 0 Å². The van der Waals surface area contributed by atoms with Crippen molar-refractivity contribution in [2.45, 2.75) is 0 Å². The highest BCUT2D eigenvalue weighted by molar-refractivity contribution is 5.99. The van der Waals surface area contributed by atoms with Crippen molar-refractivity contribution in [3.63, 3.8) is 0 Å². The highest BCUT2D eigenvalue weighted by Crippen LogP contribution is 2.23. The van der Waals surface area contributed by atoms with Crippen molar-refractivity contribution in [1.29, 1.82) is 0 Å². The lowest BCUT2D eigenvalue weighted by atomic mass is 10.2. The van der Waals surface area contributed by atoms with Crippen LogP contribution in [0.2, 0.25) is 0 Å². The molecule has 5 nitrogen and oxygen atoms in total. The normalized spacial score (nSPS) is 10.3. The SMILES string of the molecule is O=C(Nc1ccccc1)Nc1ccc(Nc2ccc(F)c(F)c2F)cn1. The van der Waals surface area contributed by atoms with E-state index in [-0.39, 0.29) is 11.5 Å². The van der Waals surface area contributed by atoms with E-state index in [1.54, 1.807) is 24.3 Å². The molecule has 0 saturated heterocycles. The third-order valence-electron chi connectivity index (χ3n) is 3.35. The molecule has 0 aliphatic heterocycles. The molecule has 2 amide bonds. The molecule has 0 radical (unpaired) electrons. The smallest absolute Gasteiger partial charge is 0.324 e. The van der Waals surface area contributed by atoms with E-state index in [1.807, 2.05) is 6.07 Å². The van der Waals surface area contributed by atoms with Crippen LogP contribution >= 0.6 is 0 Å². The number of carbonyl (C=O) groups excluding carboxylic acids is 1. The van der Waals surface area contributed by atoms with E-state index in [0.29, 0.717) is 11.4 Å². The number of rotatable bonds is 4. The fraction of sp³-hybridized carbons (Fsp3) is 0. The summed E-state index contributed by atoms with van der Waals surface area (Å²) in [6, 6.07) is 13.3. The van der Waals surface area contributed by atoms with E-state index in [4.69, 9.17) is 0 Å². The largest absolute Gasteiger partial charge is 0.352 e. The number of nitrogens with one attached hydrogen (secondary N) is 3. The third kappa shape index (κ3) is 4.10. The predicted octanol–water partition coefficient (Wildman–Crippen LogP) is 4.89. The molecule has 0 aliphatic carbocycles. The summed E-state index contributed by atoms with van der Waals surface area (Å²) in [5.74, 6) is -3.89. The maximum atomic E-state index is 13.6. The Morgan fingerprint density at radius 1 is 0.808 bits per heavy atom. The van der Waals surface area contributed by atoms with Gasteiger partial charge in [0.1, 0.15) is 5.82 Å². The van der Waals surface area contributed by atoms with Crippen LogP contribution < -0.4 is 16.0 Å². The van der Waals surface area contributed by atoms with Crippen LogP contribution in [0.5, 0.6) is 0 Å². The van der Waals surface area contributed by atoms with Crippen molar-refractivity contribution in [3.05, 3.63) is 78.2 Å². The molecule has 132 valence electrons. The maximum Gasteiger partial charge on any atom is 0.324 e. The molecule has 26 heavy (non-hydrogen) atoms. The molecule has 0 unspecified atom stereocenters. The number of halogens is 3. The molecule has 0 spiro atoms. The van der Waals surface area contributed by atoms with Crippen LogP contribution in [0.3, 0.4) is 0 Å². The van der Waals surface area contributed by atoms with Crippen LogP contribution in [-0.2, 0) is 0 Å². The van der Waals surface area contributed by atoms with Gasteiger partial charge in [-0.05, 0) is 36.4 Å². The summed E-state index contributed by atoms with van der Waals surface area (Å²) in [5.41, 5.74) is 0.731. The number of anilines is 4. The number of carbonyl (C=O) groups is 1. The van der Waals surface area contributed by atoms with Crippen molar-refractivity contribution in [2.24, 2.45) is 0 Å². The van der Waals surface area contributed by atoms with Gasteiger partial charge in [-0.15, -0.1) is 0 Å². The Morgan fingerprint density at radius 2 is 1.58 bits per heavy atom. The van der Waals surface area contributed by atoms with Gasteiger partial charge in [-0.25, -0.2) is 22.9 Å². The van der Waals surface area contributed by atoms with E-state index in [0.717, 1.165) is 12.1 Å². The van der Waals surface area contributed by atoms with Crippen LogP contribution in [-0.4, -0.2) is 11.0 Å². The second kappa shape index (κ2) is 7.56. The summed E-state index contributed by atoms with van der Waals surface area (Å²) >= 11 is 0. The van der Waals surface area contributed by atoms with Gasteiger partial charge < -0.3 is 10.6 Å². The zero-order valence-electron chi connectivity index (χ0n) is 13.3. The molecule has 1 aromatic heterocycles. The maximum absolute atomic E-state index is 13.6. The van der Waals surface area contributed by atoms with E-state index < -0.39 is 23.5 Å². The van der Waals surface area contributed by atoms with E-state index in [9.17, 15) is 18.0 Å². The molecule has 8 heteroatoms. The molecule has 0 atom stereocenters. The van der Waals surface area contributed by atoms with Gasteiger partial charge in [0.05, 0.1) is 17.6 Å². The van der Waals surface area contributed by atoms with Crippen LogP contribution in [0.1, 0.15) is 0 Å². The monoisotopic (exact) mass is 358 g/mol. The first-order chi connectivity index (χ1) is 12.5. The minimum absolute atomic E-state index is 0.228. The zero-order valence-corrected chi connectivity index (χ0v) is 13.3. The summed E-state index contributed by atoms with van der Waals surface area (Å²) in [6.07, 6.45) is 1.32. The summed E-state index contributed by atoms with van der Waals surface area (Å²) in [5, 5.41) is 7.76. The third-order valence-corrected chi connectivity index (χ3v) is 3.35. The number of benzene rings is 2. The minimum atomic E-state index is -1.56. The first kappa shape index (κ1) is 17.3. The second-order valence-corrected chi connectivity index (χ2v) is 5.23. The fourth-order valence-electron chi connectivity index (χ4n) is 2.12. The Bertz CT molecular complexity index is 918. The number of nitrogens with zero attached hydrogens (tertiary/aromatic N) is 1. The minimum Gasteiger partial charge on any atom is -0.352 e. The summed E-state index contributed by atoms with van der Waals surface area (Å²) in [4.78, 5) is 15.9. The number of pyridine rings is 1. The molecular formula is C18H13F3N4O. The van der Waals surface area contributed by atoms with Crippen LogP contribution in [0.15, 0.2) is 60.8 Å². The molecule has 0 aliphatic rings. The Labute approximate surface area is 146 Å². The van der Waals surface area contributed by atoms with E-state index in [2.05, 4.69) is 20.9 Å². The summed E-state index contributed by atoms with van der Waals surface area (Å²) in [7, 11) is 0. The molecule has 3 rings (SSSR count). The molecule has 3 aromatic rings. The van der Waals surface area contributed by atoms with Gasteiger partial charge in [-0.1, -0.05) is 18.2 Å². The van der Waals surface area contributed by atoms with Crippen molar-refractivity contribution in [2.75, 3.05) is 16.0 Å². The highest BCUT2D eigenvalue weighted by atomic mass is 19.2. The lowest BCUT2D eigenvalue weighted by Gasteiger charge is -2.10. The predicted molar refractivity (Wildman–Crippen MR) is 92.9 cm³/mol. The van der Waals surface area contributed by atoms with Gasteiger partial charge in [0, 0.05) is 5.69 Å². The second-order valence-electron chi connectivity index (χ2n) is 5.23. The molecule has 1 heterocycles. The first-order valence-electron chi connectivity index (χ1n) is 7.52. The van der Waals surface area contributed by atoms with Gasteiger partial charge in [0.2, 0.25) is 0 Å². The topological polar surface area (TPSA) is 66.1 Å². The quantitative estimate of drug-likeness (QED) is 0.582. The summed E-state index contributed by atoms with van der Waals surface area (Å²) in [6.45, 7) is 0. The molecule has 0 bridgehead atoms.